The van der Waals surface area contributed by atoms with E-state index in [2.05, 4.69) is 0 Å². The first-order chi connectivity index (χ1) is 11.2. The highest BCUT2D eigenvalue weighted by Crippen LogP contribution is 2.26. The molecule has 0 saturated carbocycles. The monoisotopic (exact) mass is 342 g/mol. The minimum atomic E-state index is -4.70. The summed E-state index contributed by atoms with van der Waals surface area (Å²) in [4.78, 5) is 27.1. The summed E-state index contributed by atoms with van der Waals surface area (Å²) in [6.45, 7) is 1.89. The average molecular weight is 342 g/mol. The number of aromatic nitrogens is 1. The van der Waals surface area contributed by atoms with Gasteiger partial charge in [0.05, 0.1) is 0 Å². The van der Waals surface area contributed by atoms with Gasteiger partial charge in [0.2, 0.25) is 0 Å². The molecule has 0 fully saturated rings. The molecule has 1 amide bonds. The van der Waals surface area contributed by atoms with Gasteiger partial charge in [0.1, 0.15) is 17.1 Å². The van der Waals surface area contributed by atoms with Gasteiger partial charge >= 0.3 is 6.18 Å². The van der Waals surface area contributed by atoms with Crippen molar-refractivity contribution in [2.24, 2.45) is 0 Å². The molecular formula is C16H14F4N2O2. The minimum Gasteiger partial charge on any atom is -0.334 e. The molecule has 2 aromatic rings. The second kappa shape index (κ2) is 6.86. The van der Waals surface area contributed by atoms with E-state index in [9.17, 15) is 27.2 Å². The van der Waals surface area contributed by atoms with Crippen molar-refractivity contribution in [3.8, 4) is 0 Å². The lowest BCUT2D eigenvalue weighted by Crippen LogP contribution is -2.34. The van der Waals surface area contributed by atoms with Gasteiger partial charge in [-0.1, -0.05) is 12.1 Å². The maximum Gasteiger partial charge on any atom is 0.431 e. The molecule has 0 unspecified atom stereocenters. The van der Waals surface area contributed by atoms with Crippen LogP contribution in [0.15, 0.2) is 41.2 Å². The van der Waals surface area contributed by atoms with Crippen molar-refractivity contribution in [3.05, 3.63) is 69.4 Å². The average Bonchev–Trinajstić information content (AvgIpc) is 2.51. The molecule has 0 radical (unpaired) electrons. The van der Waals surface area contributed by atoms with E-state index in [4.69, 9.17) is 0 Å². The molecule has 0 bridgehead atoms. The van der Waals surface area contributed by atoms with Gasteiger partial charge in [-0.2, -0.15) is 13.2 Å². The molecule has 0 aliphatic heterocycles. The Kier molecular flexibility index (Phi) is 5.06. The van der Waals surface area contributed by atoms with Crippen LogP contribution >= 0.6 is 0 Å². The van der Waals surface area contributed by atoms with E-state index in [0.717, 1.165) is 6.07 Å². The van der Waals surface area contributed by atoms with E-state index in [0.29, 0.717) is 11.6 Å². The SMILES string of the molecule is CCN(Cc1cccc(F)c1)C(=O)c1ccc(C(F)(F)F)[nH]c1=O. The van der Waals surface area contributed by atoms with Gasteiger partial charge in [-0.25, -0.2) is 4.39 Å². The van der Waals surface area contributed by atoms with E-state index in [1.165, 1.54) is 23.1 Å². The number of hydrogen-bond acceptors (Lipinski definition) is 2. The largest absolute Gasteiger partial charge is 0.431 e. The Balaban J connectivity index is 2.27. The van der Waals surface area contributed by atoms with Crippen LogP contribution in [-0.2, 0) is 12.7 Å². The molecule has 0 saturated heterocycles. The highest BCUT2D eigenvalue weighted by Gasteiger charge is 2.32. The summed E-state index contributed by atoms with van der Waals surface area (Å²) in [7, 11) is 0. The number of H-pyrrole nitrogens is 1. The van der Waals surface area contributed by atoms with Gasteiger partial charge in [0.25, 0.3) is 11.5 Å². The quantitative estimate of drug-likeness (QED) is 0.868. The number of pyridine rings is 1. The van der Waals surface area contributed by atoms with Crippen LogP contribution in [0.2, 0.25) is 0 Å². The molecule has 1 aromatic heterocycles. The Labute approximate surface area is 134 Å². The Morgan fingerprint density at radius 3 is 2.46 bits per heavy atom. The fourth-order valence-corrected chi connectivity index (χ4v) is 2.16. The van der Waals surface area contributed by atoms with Gasteiger partial charge in [0.15, 0.2) is 0 Å². The predicted octanol–water partition coefficient (Wildman–Crippen LogP) is 3.20. The molecule has 8 heteroatoms. The lowest BCUT2D eigenvalue weighted by molar-refractivity contribution is -0.141. The summed E-state index contributed by atoms with van der Waals surface area (Å²) >= 11 is 0. The number of carbonyl (C=O) groups excluding carboxylic acids is 1. The highest BCUT2D eigenvalue weighted by molar-refractivity contribution is 5.93. The third-order valence-corrected chi connectivity index (χ3v) is 3.38. The summed E-state index contributed by atoms with van der Waals surface area (Å²) in [6.07, 6.45) is -4.70. The number of carbonyl (C=O) groups is 1. The number of halogens is 4. The summed E-state index contributed by atoms with van der Waals surface area (Å²) in [5.41, 5.74) is -2.24. The Hall–Kier alpha value is -2.64. The zero-order chi connectivity index (χ0) is 17.9. The Bertz CT molecular complexity index is 799. The first-order valence-electron chi connectivity index (χ1n) is 7.06. The van der Waals surface area contributed by atoms with E-state index in [1.54, 1.807) is 18.0 Å². The number of aromatic amines is 1. The molecule has 0 aliphatic carbocycles. The fourth-order valence-electron chi connectivity index (χ4n) is 2.16. The van der Waals surface area contributed by atoms with Gasteiger partial charge in [0, 0.05) is 13.1 Å². The van der Waals surface area contributed by atoms with Crippen molar-refractivity contribution in [1.82, 2.24) is 9.88 Å². The molecule has 1 heterocycles. The zero-order valence-electron chi connectivity index (χ0n) is 12.7. The number of hydrogen-bond donors (Lipinski definition) is 1. The van der Waals surface area contributed by atoms with E-state index in [1.807, 2.05) is 0 Å². The first-order valence-corrected chi connectivity index (χ1v) is 7.06. The smallest absolute Gasteiger partial charge is 0.334 e. The normalized spacial score (nSPS) is 11.4. The number of rotatable bonds is 4. The lowest BCUT2D eigenvalue weighted by atomic mass is 10.1. The second-order valence-corrected chi connectivity index (χ2v) is 5.06. The number of nitrogens with zero attached hydrogens (tertiary/aromatic N) is 1. The van der Waals surface area contributed by atoms with Gasteiger partial charge in [-0.3, -0.25) is 9.59 Å². The van der Waals surface area contributed by atoms with Crippen LogP contribution in [0.3, 0.4) is 0 Å². The van der Waals surface area contributed by atoms with Crippen molar-refractivity contribution in [1.29, 1.82) is 0 Å². The molecule has 0 atom stereocenters. The zero-order valence-corrected chi connectivity index (χ0v) is 12.7. The van der Waals surface area contributed by atoms with Crippen molar-refractivity contribution in [3.63, 3.8) is 0 Å². The van der Waals surface area contributed by atoms with Crippen LogP contribution < -0.4 is 5.56 Å². The van der Waals surface area contributed by atoms with Gasteiger partial charge < -0.3 is 9.88 Å². The standard InChI is InChI=1S/C16H14F4N2O2/c1-2-22(9-10-4-3-5-11(17)8-10)15(24)12-6-7-13(16(18,19)20)21-14(12)23/h3-8H,2,9H2,1H3,(H,21,23). The molecular weight excluding hydrogens is 328 g/mol. The highest BCUT2D eigenvalue weighted by atomic mass is 19.4. The summed E-state index contributed by atoms with van der Waals surface area (Å²) in [6, 6.07) is 7.07. The molecule has 2 rings (SSSR count). The van der Waals surface area contributed by atoms with Crippen LogP contribution in [0.4, 0.5) is 17.6 Å². The molecule has 1 aromatic carbocycles. The van der Waals surface area contributed by atoms with Crippen LogP contribution in [-0.4, -0.2) is 22.3 Å². The fraction of sp³-hybridized carbons (Fsp3) is 0.250. The second-order valence-electron chi connectivity index (χ2n) is 5.06. The predicted molar refractivity (Wildman–Crippen MR) is 78.9 cm³/mol. The Morgan fingerprint density at radius 1 is 1.21 bits per heavy atom. The first kappa shape index (κ1) is 17.7. The van der Waals surface area contributed by atoms with Crippen molar-refractivity contribution in [2.45, 2.75) is 19.6 Å². The molecule has 1 N–H and O–H groups in total. The third kappa shape index (κ3) is 4.01. The van der Waals surface area contributed by atoms with Crippen LogP contribution in [0.25, 0.3) is 0 Å². The molecule has 0 aliphatic rings. The third-order valence-electron chi connectivity index (χ3n) is 3.38. The summed E-state index contributed by atoms with van der Waals surface area (Å²) in [5.74, 6) is -1.19. The molecule has 128 valence electrons. The molecule has 4 nitrogen and oxygen atoms in total. The topological polar surface area (TPSA) is 53.2 Å². The van der Waals surface area contributed by atoms with Gasteiger partial charge in [-0.05, 0) is 36.8 Å². The lowest BCUT2D eigenvalue weighted by Gasteiger charge is -2.21. The van der Waals surface area contributed by atoms with Crippen molar-refractivity contribution < 1.29 is 22.4 Å². The number of amides is 1. The summed E-state index contributed by atoms with van der Waals surface area (Å²) in [5, 5.41) is 0. The maximum atomic E-state index is 13.2. The maximum absolute atomic E-state index is 13.2. The van der Waals surface area contributed by atoms with Crippen LogP contribution in [0, 0.1) is 5.82 Å². The van der Waals surface area contributed by atoms with Crippen LogP contribution in [0.5, 0.6) is 0 Å². The van der Waals surface area contributed by atoms with Crippen molar-refractivity contribution >= 4 is 5.91 Å². The Morgan fingerprint density at radius 2 is 1.92 bits per heavy atom. The van der Waals surface area contributed by atoms with E-state index in [-0.39, 0.29) is 13.1 Å². The van der Waals surface area contributed by atoms with Crippen LogP contribution in [0.1, 0.15) is 28.5 Å². The minimum absolute atomic E-state index is 0.0353. The number of nitrogens with one attached hydrogen (secondary N) is 1. The summed E-state index contributed by atoms with van der Waals surface area (Å²) < 4.78 is 50.9. The molecule has 24 heavy (non-hydrogen) atoms. The van der Waals surface area contributed by atoms with Crippen molar-refractivity contribution in [2.75, 3.05) is 6.54 Å². The van der Waals surface area contributed by atoms with E-state index >= 15 is 0 Å². The van der Waals surface area contributed by atoms with E-state index < -0.39 is 34.7 Å². The van der Waals surface area contributed by atoms with Gasteiger partial charge in [-0.15, -0.1) is 0 Å². The number of alkyl halides is 3. The molecule has 0 spiro atoms. The number of benzene rings is 1.